The molecule has 2 N–H and O–H groups in total. The van der Waals surface area contributed by atoms with Crippen molar-refractivity contribution in [1.29, 1.82) is 0 Å². The van der Waals surface area contributed by atoms with Crippen LogP contribution in [0.2, 0.25) is 0 Å². The van der Waals surface area contributed by atoms with Gasteiger partial charge in [0.05, 0.1) is 5.56 Å². The minimum Gasteiger partial charge on any atom is -0.338 e. The molecule has 1 aromatic heterocycles. The second-order valence-corrected chi connectivity index (χ2v) is 3.31. The highest BCUT2D eigenvalue weighted by molar-refractivity contribution is 5.95. The largest absolute Gasteiger partial charge is 0.338 e. The van der Waals surface area contributed by atoms with Crippen molar-refractivity contribution >= 4 is 5.91 Å². The lowest BCUT2D eigenvalue weighted by atomic mass is 10.2. The SMILES string of the molecule is CCN(CCN)C(=O)c1cccnc1C. The quantitative estimate of drug-likeness (QED) is 0.794. The predicted molar refractivity (Wildman–Crippen MR) is 59.6 cm³/mol. The van der Waals surface area contributed by atoms with Crippen molar-refractivity contribution < 1.29 is 4.79 Å². The van der Waals surface area contributed by atoms with E-state index in [0.717, 1.165) is 5.69 Å². The van der Waals surface area contributed by atoms with Gasteiger partial charge in [-0.1, -0.05) is 0 Å². The second kappa shape index (κ2) is 5.46. The van der Waals surface area contributed by atoms with Gasteiger partial charge in [-0.15, -0.1) is 0 Å². The highest BCUT2D eigenvalue weighted by atomic mass is 16.2. The molecule has 1 heterocycles. The third kappa shape index (κ3) is 2.76. The predicted octanol–water partition coefficient (Wildman–Crippen LogP) is 0.811. The molecule has 1 rings (SSSR count). The Morgan fingerprint density at radius 1 is 1.60 bits per heavy atom. The number of nitrogens with two attached hydrogens (primary N) is 1. The van der Waals surface area contributed by atoms with E-state index in [4.69, 9.17) is 5.73 Å². The van der Waals surface area contributed by atoms with Crippen molar-refractivity contribution in [3.05, 3.63) is 29.6 Å². The molecule has 0 aromatic carbocycles. The number of amides is 1. The van der Waals surface area contributed by atoms with Crippen LogP contribution < -0.4 is 5.73 Å². The lowest BCUT2D eigenvalue weighted by molar-refractivity contribution is 0.0768. The van der Waals surface area contributed by atoms with E-state index in [0.29, 0.717) is 25.2 Å². The maximum Gasteiger partial charge on any atom is 0.255 e. The molecule has 0 bridgehead atoms. The number of aryl methyl sites for hydroxylation is 1. The smallest absolute Gasteiger partial charge is 0.255 e. The molecule has 15 heavy (non-hydrogen) atoms. The summed E-state index contributed by atoms with van der Waals surface area (Å²) >= 11 is 0. The zero-order chi connectivity index (χ0) is 11.3. The van der Waals surface area contributed by atoms with Gasteiger partial charge in [0.2, 0.25) is 0 Å². The third-order valence-corrected chi connectivity index (χ3v) is 2.31. The lowest BCUT2D eigenvalue weighted by Gasteiger charge is -2.20. The Balaban J connectivity index is 2.88. The van der Waals surface area contributed by atoms with Crippen molar-refractivity contribution in [2.24, 2.45) is 5.73 Å². The lowest BCUT2D eigenvalue weighted by Crippen LogP contribution is -2.35. The summed E-state index contributed by atoms with van der Waals surface area (Å²) in [6.07, 6.45) is 1.69. The van der Waals surface area contributed by atoms with Gasteiger partial charge in [0.15, 0.2) is 0 Å². The van der Waals surface area contributed by atoms with E-state index in [1.807, 2.05) is 13.8 Å². The number of aromatic nitrogens is 1. The maximum atomic E-state index is 12.0. The molecule has 1 aromatic rings. The highest BCUT2D eigenvalue weighted by Crippen LogP contribution is 2.07. The summed E-state index contributed by atoms with van der Waals surface area (Å²) in [7, 11) is 0. The molecule has 0 aliphatic rings. The van der Waals surface area contributed by atoms with Crippen LogP contribution in [0.25, 0.3) is 0 Å². The molecule has 0 saturated carbocycles. The van der Waals surface area contributed by atoms with E-state index in [1.54, 1.807) is 23.2 Å². The molecule has 0 radical (unpaired) electrons. The number of hydrogen-bond donors (Lipinski definition) is 1. The summed E-state index contributed by atoms with van der Waals surface area (Å²) in [6, 6.07) is 3.57. The topological polar surface area (TPSA) is 59.2 Å². The van der Waals surface area contributed by atoms with Crippen molar-refractivity contribution in [3.63, 3.8) is 0 Å². The first-order valence-electron chi connectivity index (χ1n) is 5.11. The van der Waals surface area contributed by atoms with Gasteiger partial charge in [0.25, 0.3) is 5.91 Å². The zero-order valence-corrected chi connectivity index (χ0v) is 9.23. The van der Waals surface area contributed by atoms with Crippen LogP contribution in [0.3, 0.4) is 0 Å². The van der Waals surface area contributed by atoms with Crippen molar-refractivity contribution in [1.82, 2.24) is 9.88 Å². The van der Waals surface area contributed by atoms with Gasteiger partial charge in [0.1, 0.15) is 0 Å². The highest BCUT2D eigenvalue weighted by Gasteiger charge is 2.15. The van der Waals surface area contributed by atoms with E-state index in [-0.39, 0.29) is 5.91 Å². The van der Waals surface area contributed by atoms with Crippen LogP contribution in [0.15, 0.2) is 18.3 Å². The van der Waals surface area contributed by atoms with Gasteiger partial charge < -0.3 is 10.6 Å². The summed E-state index contributed by atoms with van der Waals surface area (Å²) in [5.41, 5.74) is 6.87. The summed E-state index contributed by atoms with van der Waals surface area (Å²) in [5, 5.41) is 0. The minimum atomic E-state index is 0.00792. The van der Waals surface area contributed by atoms with Crippen molar-refractivity contribution in [3.8, 4) is 0 Å². The number of likely N-dealkylation sites (N-methyl/N-ethyl adjacent to an activating group) is 1. The molecule has 0 atom stereocenters. The van der Waals surface area contributed by atoms with E-state index in [1.165, 1.54) is 0 Å². The molecule has 82 valence electrons. The van der Waals surface area contributed by atoms with Gasteiger partial charge >= 0.3 is 0 Å². The Morgan fingerprint density at radius 2 is 2.33 bits per heavy atom. The van der Waals surface area contributed by atoms with Crippen LogP contribution in [0, 0.1) is 6.92 Å². The first-order chi connectivity index (χ1) is 7.20. The van der Waals surface area contributed by atoms with Crippen LogP contribution >= 0.6 is 0 Å². The molecular formula is C11H17N3O. The number of carbonyl (C=O) groups is 1. The van der Waals surface area contributed by atoms with Crippen molar-refractivity contribution in [2.75, 3.05) is 19.6 Å². The van der Waals surface area contributed by atoms with Gasteiger partial charge in [-0.25, -0.2) is 0 Å². The van der Waals surface area contributed by atoms with Crippen LogP contribution in [-0.2, 0) is 0 Å². The molecule has 4 heteroatoms. The van der Waals surface area contributed by atoms with Gasteiger partial charge in [-0.05, 0) is 26.0 Å². The van der Waals surface area contributed by atoms with Crippen molar-refractivity contribution in [2.45, 2.75) is 13.8 Å². The summed E-state index contributed by atoms with van der Waals surface area (Å²) in [4.78, 5) is 17.8. The number of hydrogen-bond acceptors (Lipinski definition) is 3. The average Bonchev–Trinajstić information content (AvgIpc) is 2.25. The molecule has 0 aliphatic carbocycles. The van der Waals surface area contributed by atoms with Gasteiger partial charge in [-0.3, -0.25) is 9.78 Å². The number of rotatable bonds is 4. The molecule has 4 nitrogen and oxygen atoms in total. The molecule has 0 spiro atoms. The first kappa shape index (κ1) is 11.7. The second-order valence-electron chi connectivity index (χ2n) is 3.31. The third-order valence-electron chi connectivity index (χ3n) is 2.31. The number of pyridine rings is 1. The van der Waals surface area contributed by atoms with Crippen LogP contribution in [0.4, 0.5) is 0 Å². The Labute approximate surface area is 90.1 Å². The summed E-state index contributed by atoms with van der Waals surface area (Å²) in [6.45, 7) is 5.52. The Morgan fingerprint density at radius 3 is 2.87 bits per heavy atom. The zero-order valence-electron chi connectivity index (χ0n) is 9.23. The first-order valence-corrected chi connectivity index (χ1v) is 5.11. The molecule has 0 unspecified atom stereocenters. The number of nitrogens with zero attached hydrogens (tertiary/aromatic N) is 2. The van der Waals surface area contributed by atoms with Crippen LogP contribution in [-0.4, -0.2) is 35.4 Å². The minimum absolute atomic E-state index is 0.00792. The standard InChI is InChI=1S/C11H17N3O/c1-3-14(8-6-12)11(15)10-5-4-7-13-9(10)2/h4-5,7H,3,6,8,12H2,1-2H3. The van der Waals surface area contributed by atoms with Crippen LogP contribution in [0.5, 0.6) is 0 Å². The number of carbonyl (C=O) groups excluding carboxylic acids is 1. The fourth-order valence-electron chi connectivity index (χ4n) is 1.44. The van der Waals surface area contributed by atoms with Crippen LogP contribution in [0.1, 0.15) is 23.0 Å². The van der Waals surface area contributed by atoms with E-state index in [9.17, 15) is 4.79 Å². The Kier molecular flexibility index (Phi) is 4.24. The van der Waals surface area contributed by atoms with E-state index < -0.39 is 0 Å². The van der Waals surface area contributed by atoms with E-state index >= 15 is 0 Å². The fourth-order valence-corrected chi connectivity index (χ4v) is 1.44. The molecule has 1 amide bonds. The maximum absolute atomic E-state index is 12.0. The van der Waals surface area contributed by atoms with Gasteiger partial charge in [-0.2, -0.15) is 0 Å². The normalized spacial score (nSPS) is 10.1. The molecular weight excluding hydrogens is 190 g/mol. The summed E-state index contributed by atoms with van der Waals surface area (Å²) < 4.78 is 0. The molecule has 0 aliphatic heterocycles. The monoisotopic (exact) mass is 207 g/mol. The fraction of sp³-hybridized carbons (Fsp3) is 0.455. The Hall–Kier alpha value is -1.42. The molecule has 0 saturated heterocycles. The van der Waals surface area contributed by atoms with E-state index in [2.05, 4.69) is 4.98 Å². The van der Waals surface area contributed by atoms with Gasteiger partial charge in [0, 0.05) is 31.5 Å². The molecule has 0 fully saturated rings. The Bertz CT molecular complexity index is 338. The summed E-state index contributed by atoms with van der Waals surface area (Å²) in [5.74, 6) is 0.00792. The average molecular weight is 207 g/mol.